The third-order valence-electron chi connectivity index (χ3n) is 4.56. The van der Waals surface area contributed by atoms with E-state index >= 15 is 0 Å². The second-order valence-corrected chi connectivity index (χ2v) is 6.47. The molecule has 1 fully saturated rings. The maximum atomic E-state index is 12.4. The number of fused-ring (bicyclic) bond motifs is 1. The summed E-state index contributed by atoms with van der Waals surface area (Å²) < 4.78 is 5.41. The van der Waals surface area contributed by atoms with Gasteiger partial charge in [0.25, 0.3) is 0 Å². The van der Waals surface area contributed by atoms with Crippen LogP contribution in [0.15, 0.2) is 42.5 Å². The number of carboxylic acid groups (broad SMARTS) is 1. The van der Waals surface area contributed by atoms with E-state index in [1.807, 2.05) is 12.1 Å². The number of aliphatic carboxylic acids is 1. The molecule has 5 heteroatoms. The van der Waals surface area contributed by atoms with Crippen LogP contribution < -0.4 is 0 Å². The van der Waals surface area contributed by atoms with Crippen molar-refractivity contribution in [3.63, 3.8) is 0 Å². The molecular formula is C20H23NO4. The first-order valence-corrected chi connectivity index (χ1v) is 8.70. The minimum Gasteiger partial charge on any atom is -0.481 e. The molecule has 0 radical (unpaired) electrons. The normalized spacial score (nSPS) is 17.6. The molecular weight excluding hydrogens is 318 g/mol. The summed E-state index contributed by atoms with van der Waals surface area (Å²) in [6.07, 6.45) is 1.68. The number of benzene rings is 2. The predicted octanol–water partition coefficient (Wildman–Crippen LogP) is 2.86. The van der Waals surface area contributed by atoms with Gasteiger partial charge in [-0.05, 0) is 29.2 Å². The highest BCUT2D eigenvalue weighted by Crippen LogP contribution is 2.17. The summed E-state index contributed by atoms with van der Waals surface area (Å²) in [6.45, 7) is 1.33. The molecule has 1 unspecified atom stereocenters. The Hall–Kier alpha value is -2.40. The van der Waals surface area contributed by atoms with Crippen molar-refractivity contribution in [2.24, 2.45) is 0 Å². The lowest BCUT2D eigenvalue weighted by molar-refractivity contribution is -0.147. The van der Waals surface area contributed by atoms with E-state index in [9.17, 15) is 9.59 Å². The number of aryl methyl sites for hydroxylation is 1. The van der Waals surface area contributed by atoms with E-state index in [-0.39, 0.29) is 12.3 Å². The van der Waals surface area contributed by atoms with Crippen LogP contribution in [0.2, 0.25) is 0 Å². The van der Waals surface area contributed by atoms with E-state index < -0.39 is 12.1 Å². The Balaban J connectivity index is 1.49. The number of hydrogen-bond donors (Lipinski definition) is 1. The fourth-order valence-electron chi connectivity index (χ4n) is 3.26. The van der Waals surface area contributed by atoms with E-state index in [1.165, 1.54) is 16.3 Å². The van der Waals surface area contributed by atoms with Crippen LogP contribution in [0.25, 0.3) is 10.8 Å². The van der Waals surface area contributed by atoms with E-state index in [4.69, 9.17) is 9.84 Å². The minimum atomic E-state index is -0.893. The van der Waals surface area contributed by atoms with E-state index in [2.05, 4.69) is 30.3 Å². The molecule has 1 aliphatic heterocycles. The van der Waals surface area contributed by atoms with Gasteiger partial charge in [0, 0.05) is 19.5 Å². The summed E-state index contributed by atoms with van der Waals surface area (Å²) in [5.74, 6) is -0.810. The van der Waals surface area contributed by atoms with Gasteiger partial charge >= 0.3 is 5.97 Å². The third kappa shape index (κ3) is 4.79. The zero-order valence-corrected chi connectivity index (χ0v) is 14.2. The molecule has 1 atom stereocenters. The number of hydrogen-bond acceptors (Lipinski definition) is 3. The Kier molecular flexibility index (Phi) is 5.66. The van der Waals surface area contributed by atoms with Crippen molar-refractivity contribution < 1.29 is 19.4 Å². The molecule has 0 aliphatic carbocycles. The Morgan fingerprint density at radius 3 is 2.76 bits per heavy atom. The zero-order chi connectivity index (χ0) is 17.6. The smallest absolute Gasteiger partial charge is 0.306 e. The van der Waals surface area contributed by atoms with Crippen LogP contribution in [0.1, 0.15) is 24.8 Å². The van der Waals surface area contributed by atoms with Crippen LogP contribution >= 0.6 is 0 Å². The molecule has 0 aromatic heterocycles. The molecule has 2 aromatic carbocycles. The average Bonchev–Trinajstić information content (AvgIpc) is 2.61. The molecule has 1 heterocycles. The van der Waals surface area contributed by atoms with Gasteiger partial charge in [-0.2, -0.15) is 0 Å². The lowest BCUT2D eigenvalue weighted by Gasteiger charge is -2.32. The first-order chi connectivity index (χ1) is 12.1. The van der Waals surface area contributed by atoms with Crippen molar-refractivity contribution in [2.75, 3.05) is 19.7 Å². The van der Waals surface area contributed by atoms with Gasteiger partial charge in [0.2, 0.25) is 5.91 Å². The lowest BCUT2D eigenvalue weighted by atomic mass is 10.0. The number of carbonyl (C=O) groups excluding carboxylic acids is 1. The van der Waals surface area contributed by atoms with Gasteiger partial charge in [-0.1, -0.05) is 42.5 Å². The van der Waals surface area contributed by atoms with Gasteiger partial charge in [0.15, 0.2) is 0 Å². The molecule has 5 nitrogen and oxygen atoms in total. The van der Waals surface area contributed by atoms with Crippen molar-refractivity contribution in [1.29, 1.82) is 0 Å². The quantitative estimate of drug-likeness (QED) is 0.877. The first-order valence-electron chi connectivity index (χ1n) is 8.70. The van der Waals surface area contributed by atoms with Crippen LogP contribution in [0.3, 0.4) is 0 Å². The van der Waals surface area contributed by atoms with E-state index in [0.717, 1.165) is 12.8 Å². The van der Waals surface area contributed by atoms with Gasteiger partial charge < -0.3 is 14.7 Å². The number of morpholine rings is 1. The van der Waals surface area contributed by atoms with Crippen molar-refractivity contribution in [1.82, 2.24) is 4.90 Å². The number of amides is 1. The highest BCUT2D eigenvalue weighted by molar-refractivity contribution is 5.83. The summed E-state index contributed by atoms with van der Waals surface area (Å²) in [7, 11) is 0. The van der Waals surface area contributed by atoms with Gasteiger partial charge in [-0.25, -0.2) is 0 Å². The molecule has 2 aromatic rings. The summed E-state index contributed by atoms with van der Waals surface area (Å²) in [5, 5.41) is 11.3. The summed E-state index contributed by atoms with van der Waals surface area (Å²) >= 11 is 0. The number of ether oxygens (including phenoxy) is 1. The number of nitrogens with zero attached hydrogens (tertiary/aromatic N) is 1. The minimum absolute atomic E-state index is 0.0547. The van der Waals surface area contributed by atoms with E-state index in [1.54, 1.807) is 4.90 Å². The maximum Gasteiger partial charge on any atom is 0.306 e. The average molecular weight is 341 g/mol. The summed E-state index contributed by atoms with van der Waals surface area (Å²) in [6, 6.07) is 14.7. The van der Waals surface area contributed by atoms with Gasteiger partial charge in [0.1, 0.15) is 0 Å². The monoisotopic (exact) mass is 341 g/mol. The molecule has 0 spiro atoms. The molecule has 1 N–H and O–H groups in total. The Morgan fingerprint density at radius 1 is 1.16 bits per heavy atom. The lowest BCUT2D eigenvalue weighted by Crippen LogP contribution is -2.46. The van der Waals surface area contributed by atoms with Crippen LogP contribution in [-0.2, 0) is 20.7 Å². The molecule has 1 saturated heterocycles. The largest absolute Gasteiger partial charge is 0.481 e. The summed E-state index contributed by atoms with van der Waals surface area (Å²) in [4.78, 5) is 24.9. The Bertz CT molecular complexity index is 758. The highest BCUT2D eigenvalue weighted by Gasteiger charge is 2.25. The molecule has 0 saturated carbocycles. The molecule has 3 rings (SSSR count). The topological polar surface area (TPSA) is 66.8 Å². The number of carboxylic acids is 1. The van der Waals surface area contributed by atoms with Gasteiger partial charge in [0.05, 0.1) is 19.1 Å². The number of rotatable bonds is 6. The fraction of sp³-hybridized carbons (Fsp3) is 0.400. The molecule has 0 bridgehead atoms. The molecule has 25 heavy (non-hydrogen) atoms. The summed E-state index contributed by atoms with van der Waals surface area (Å²) in [5.41, 5.74) is 1.23. The van der Waals surface area contributed by atoms with Crippen molar-refractivity contribution in [3.8, 4) is 0 Å². The first kappa shape index (κ1) is 17.4. The van der Waals surface area contributed by atoms with Gasteiger partial charge in [-0.3, -0.25) is 9.59 Å². The molecule has 1 aliphatic rings. The fourth-order valence-corrected chi connectivity index (χ4v) is 3.26. The van der Waals surface area contributed by atoms with Crippen LogP contribution in [0.5, 0.6) is 0 Å². The van der Waals surface area contributed by atoms with Crippen molar-refractivity contribution >= 4 is 22.6 Å². The van der Waals surface area contributed by atoms with Crippen LogP contribution in [0.4, 0.5) is 0 Å². The van der Waals surface area contributed by atoms with Crippen LogP contribution in [0, 0.1) is 0 Å². The predicted molar refractivity (Wildman–Crippen MR) is 95.5 cm³/mol. The van der Waals surface area contributed by atoms with Crippen LogP contribution in [-0.4, -0.2) is 47.7 Å². The van der Waals surface area contributed by atoms with Crippen molar-refractivity contribution in [3.05, 3.63) is 48.0 Å². The Labute approximate surface area is 147 Å². The maximum absolute atomic E-state index is 12.4. The SMILES string of the molecule is O=C(O)CC1CN(C(=O)CCCc2ccc3ccccc3c2)CCO1. The number of carbonyl (C=O) groups is 2. The standard InChI is InChI=1S/C20H23NO4/c22-19(21-10-11-25-18(14-21)13-20(23)24)7-3-4-15-8-9-16-5-1-2-6-17(16)12-15/h1-2,5-6,8-9,12,18H,3-4,7,10-11,13-14H2,(H,23,24). The Morgan fingerprint density at radius 2 is 1.96 bits per heavy atom. The second kappa shape index (κ2) is 8.12. The molecule has 132 valence electrons. The highest BCUT2D eigenvalue weighted by atomic mass is 16.5. The van der Waals surface area contributed by atoms with Gasteiger partial charge in [-0.15, -0.1) is 0 Å². The van der Waals surface area contributed by atoms with Crippen molar-refractivity contribution in [2.45, 2.75) is 31.8 Å². The zero-order valence-electron chi connectivity index (χ0n) is 14.2. The van der Waals surface area contributed by atoms with E-state index in [0.29, 0.717) is 26.1 Å². The molecule has 1 amide bonds. The third-order valence-corrected chi connectivity index (χ3v) is 4.56. The second-order valence-electron chi connectivity index (χ2n) is 6.47.